The van der Waals surface area contributed by atoms with Gasteiger partial charge >= 0.3 is 5.97 Å². The molecule has 2 nitrogen and oxygen atoms in total. The molecule has 0 fully saturated rings. The van der Waals surface area contributed by atoms with Crippen LogP contribution < -0.4 is 0 Å². The van der Waals surface area contributed by atoms with E-state index in [2.05, 4.69) is 15.9 Å². The zero-order valence-corrected chi connectivity index (χ0v) is 11.1. The number of benzene rings is 1. The van der Waals surface area contributed by atoms with Gasteiger partial charge in [0.15, 0.2) is 0 Å². The largest absolute Gasteiger partial charge is 0.462 e. The van der Waals surface area contributed by atoms with Crippen LogP contribution in [-0.2, 0) is 10.1 Å². The molecule has 82 valence electrons. The molecule has 0 N–H and O–H groups in total. The molecule has 0 saturated carbocycles. The first kappa shape index (κ1) is 12.8. The normalized spacial score (nSPS) is 10.1. The Kier molecular flexibility index (Phi) is 4.90. The van der Waals surface area contributed by atoms with E-state index in [1.807, 2.05) is 0 Å². The molecule has 0 heterocycles. The van der Waals surface area contributed by atoms with Crippen molar-refractivity contribution in [3.8, 4) is 0 Å². The summed E-state index contributed by atoms with van der Waals surface area (Å²) in [6.07, 6.45) is 0. The Morgan fingerprint density at radius 1 is 1.47 bits per heavy atom. The molecule has 0 aromatic heterocycles. The van der Waals surface area contributed by atoms with Gasteiger partial charge in [-0.05, 0) is 24.6 Å². The van der Waals surface area contributed by atoms with Crippen LogP contribution in [0.2, 0.25) is 10.0 Å². The maximum absolute atomic E-state index is 11.6. The van der Waals surface area contributed by atoms with Crippen LogP contribution in [0.3, 0.4) is 0 Å². The first-order chi connectivity index (χ1) is 7.10. The van der Waals surface area contributed by atoms with Gasteiger partial charge in [-0.25, -0.2) is 4.79 Å². The minimum Gasteiger partial charge on any atom is -0.462 e. The molecule has 0 aliphatic heterocycles. The van der Waals surface area contributed by atoms with Gasteiger partial charge in [-0.15, -0.1) is 0 Å². The third kappa shape index (κ3) is 3.10. The van der Waals surface area contributed by atoms with E-state index in [0.717, 1.165) is 5.56 Å². The summed E-state index contributed by atoms with van der Waals surface area (Å²) < 4.78 is 4.90. The Labute approximate surface area is 107 Å². The minimum atomic E-state index is -0.423. The van der Waals surface area contributed by atoms with E-state index in [1.54, 1.807) is 13.0 Å². The summed E-state index contributed by atoms with van der Waals surface area (Å²) in [5.74, 6) is -0.423. The van der Waals surface area contributed by atoms with Gasteiger partial charge in [0.05, 0.1) is 17.2 Å². The second-order valence-electron chi connectivity index (χ2n) is 2.78. The third-order valence-corrected chi connectivity index (χ3v) is 2.88. The van der Waals surface area contributed by atoms with Crippen molar-refractivity contribution < 1.29 is 9.53 Å². The second kappa shape index (κ2) is 5.73. The first-order valence-corrected chi connectivity index (χ1v) is 6.18. The number of carbonyl (C=O) groups is 1. The van der Waals surface area contributed by atoms with E-state index in [1.165, 1.54) is 6.07 Å². The lowest BCUT2D eigenvalue weighted by atomic mass is 10.1. The highest BCUT2D eigenvalue weighted by atomic mass is 79.9. The number of hydrogen-bond donors (Lipinski definition) is 0. The van der Waals surface area contributed by atoms with Crippen molar-refractivity contribution in [2.75, 3.05) is 6.61 Å². The van der Waals surface area contributed by atoms with Gasteiger partial charge in [-0.2, -0.15) is 0 Å². The van der Waals surface area contributed by atoms with Crippen molar-refractivity contribution in [1.82, 2.24) is 0 Å². The molecule has 0 aliphatic carbocycles. The molecule has 0 amide bonds. The smallest absolute Gasteiger partial charge is 0.339 e. The van der Waals surface area contributed by atoms with Crippen LogP contribution in [0.1, 0.15) is 22.8 Å². The highest BCUT2D eigenvalue weighted by Crippen LogP contribution is 2.27. The van der Waals surface area contributed by atoms with E-state index in [9.17, 15) is 4.79 Å². The van der Waals surface area contributed by atoms with E-state index in [-0.39, 0.29) is 0 Å². The van der Waals surface area contributed by atoms with Crippen LogP contribution in [-0.4, -0.2) is 12.6 Å². The number of rotatable bonds is 3. The predicted octanol–water partition coefficient (Wildman–Crippen LogP) is 4.07. The summed E-state index contributed by atoms with van der Waals surface area (Å²) in [6.45, 7) is 2.06. The van der Waals surface area contributed by atoms with Gasteiger partial charge < -0.3 is 4.74 Å². The first-order valence-electron chi connectivity index (χ1n) is 4.31. The number of esters is 1. The van der Waals surface area contributed by atoms with Gasteiger partial charge in [0, 0.05) is 10.4 Å². The predicted molar refractivity (Wildman–Crippen MR) is 65.0 cm³/mol. The summed E-state index contributed by atoms with van der Waals surface area (Å²) in [5.41, 5.74) is 1.10. The second-order valence-corrected chi connectivity index (χ2v) is 4.18. The van der Waals surface area contributed by atoms with Gasteiger partial charge in [-0.1, -0.05) is 39.1 Å². The van der Waals surface area contributed by atoms with Crippen LogP contribution in [0.15, 0.2) is 12.1 Å². The summed E-state index contributed by atoms with van der Waals surface area (Å²) in [4.78, 5) is 11.6. The maximum atomic E-state index is 11.6. The lowest BCUT2D eigenvalue weighted by molar-refractivity contribution is 0.0525. The third-order valence-electron chi connectivity index (χ3n) is 1.76. The van der Waals surface area contributed by atoms with Crippen LogP contribution in [0.5, 0.6) is 0 Å². The van der Waals surface area contributed by atoms with Crippen LogP contribution in [0, 0.1) is 0 Å². The molecule has 0 radical (unpaired) electrons. The van der Waals surface area contributed by atoms with Crippen molar-refractivity contribution in [3.63, 3.8) is 0 Å². The summed E-state index contributed by atoms with van der Waals surface area (Å²) in [5, 5.41) is 1.32. The number of carbonyl (C=O) groups excluding carboxylic acids is 1. The lowest BCUT2D eigenvalue weighted by Crippen LogP contribution is -2.08. The molecule has 0 atom stereocenters. The zero-order chi connectivity index (χ0) is 11.4. The molecule has 0 aliphatic rings. The average Bonchev–Trinajstić information content (AvgIpc) is 2.16. The molecule has 0 bridgehead atoms. The maximum Gasteiger partial charge on any atom is 0.339 e. The fourth-order valence-corrected chi connectivity index (χ4v) is 2.22. The van der Waals surface area contributed by atoms with E-state index >= 15 is 0 Å². The van der Waals surface area contributed by atoms with Crippen molar-refractivity contribution in [3.05, 3.63) is 33.3 Å². The molecule has 0 unspecified atom stereocenters. The number of halogens is 3. The molecule has 15 heavy (non-hydrogen) atoms. The number of alkyl halides is 1. The zero-order valence-electron chi connectivity index (χ0n) is 8.02. The van der Waals surface area contributed by atoms with Crippen LogP contribution >= 0.6 is 39.1 Å². The number of ether oxygens (including phenoxy) is 1. The summed E-state index contributed by atoms with van der Waals surface area (Å²) in [7, 11) is 0. The minimum absolute atomic E-state index is 0.315. The topological polar surface area (TPSA) is 26.3 Å². The van der Waals surface area contributed by atoms with Crippen LogP contribution in [0.4, 0.5) is 0 Å². The molecule has 0 spiro atoms. The van der Waals surface area contributed by atoms with Crippen molar-refractivity contribution >= 4 is 45.1 Å². The monoisotopic (exact) mass is 310 g/mol. The molecule has 0 saturated heterocycles. The molecule has 5 heteroatoms. The molecule has 1 aromatic rings. The Morgan fingerprint density at radius 2 is 2.13 bits per heavy atom. The van der Waals surface area contributed by atoms with Crippen molar-refractivity contribution in [2.45, 2.75) is 12.3 Å². The Morgan fingerprint density at radius 3 is 2.67 bits per heavy atom. The quantitative estimate of drug-likeness (QED) is 0.621. The molecule has 1 aromatic carbocycles. The van der Waals surface area contributed by atoms with Crippen molar-refractivity contribution in [1.29, 1.82) is 0 Å². The number of hydrogen-bond acceptors (Lipinski definition) is 2. The van der Waals surface area contributed by atoms with Gasteiger partial charge in [0.25, 0.3) is 0 Å². The highest BCUT2D eigenvalue weighted by Gasteiger charge is 2.16. The Hall–Kier alpha value is -0.250. The molecule has 1 rings (SSSR count). The average molecular weight is 312 g/mol. The summed E-state index contributed by atoms with van der Waals surface area (Å²) >= 11 is 15.0. The highest BCUT2D eigenvalue weighted by molar-refractivity contribution is 9.08. The van der Waals surface area contributed by atoms with E-state index in [4.69, 9.17) is 27.9 Å². The molecular weight excluding hydrogens is 303 g/mol. The Bertz CT molecular complexity index is 380. The van der Waals surface area contributed by atoms with Crippen LogP contribution in [0.25, 0.3) is 0 Å². The van der Waals surface area contributed by atoms with E-state index < -0.39 is 5.97 Å². The summed E-state index contributed by atoms with van der Waals surface area (Å²) in [6, 6.07) is 3.22. The Balaban J connectivity index is 3.20. The SMILES string of the molecule is CCOC(=O)c1c(Cl)cc(Cl)cc1CBr. The fourth-order valence-electron chi connectivity index (χ4n) is 1.16. The van der Waals surface area contributed by atoms with Gasteiger partial charge in [0.2, 0.25) is 0 Å². The fraction of sp³-hybridized carbons (Fsp3) is 0.300. The van der Waals surface area contributed by atoms with Crippen molar-refractivity contribution in [2.24, 2.45) is 0 Å². The lowest BCUT2D eigenvalue weighted by Gasteiger charge is -2.09. The standard InChI is InChI=1S/C10H9BrCl2O2/c1-2-15-10(14)9-6(5-11)3-7(12)4-8(9)13/h3-4H,2,5H2,1H3. The van der Waals surface area contributed by atoms with E-state index in [0.29, 0.717) is 27.5 Å². The van der Waals surface area contributed by atoms with Gasteiger partial charge in [-0.3, -0.25) is 0 Å². The van der Waals surface area contributed by atoms with Gasteiger partial charge in [0.1, 0.15) is 0 Å². The molecular formula is C10H9BrCl2O2.